The molecule has 2 heterocycles. The van der Waals surface area contributed by atoms with Crippen LogP contribution in [0.1, 0.15) is 15.4 Å². The molecule has 11 heteroatoms. The lowest BCUT2D eigenvalue weighted by molar-refractivity contribution is -0.387. The zero-order valence-electron chi connectivity index (χ0n) is 17.2. The highest BCUT2D eigenvalue weighted by Crippen LogP contribution is 2.30. The number of para-hydroxylation sites is 1. The van der Waals surface area contributed by atoms with E-state index < -0.39 is 20.6 Å². The number of nitro benzene ring substituents is 1. The van der Waals surface area contributed by atoms with Crippen molar-refractivity contribution >= 4 is 33.0 Å². The van der Waals surface area contributed by atoms with Gasteiger partial charge in [-0.1, -0.05) is 42.5 Å². The fourth-order valence-electron chi connectivity index (χ4n) is 3.54. The first-order valence-corrected chi connectivity index (χ1v) is 12.1. The Morgan fingerprint density at radius 1 is 1.03 bits per heavy atom. The molecule has 0 bridgehead atoms. The molecular weight excluding hydrogens is 452 g/mol. The molecule has 0 unspecified atom stereocenters. The maximum absolute atomic E-state index is 13.1. The highest BCUT2D eigenvalue weighted by molar-refractivity contribution is 7.89. The molecule has 0 spiro atoms. The highest BCUT2D eigenvalue weighted by atomic mass is 32.2. The van der Waals surface area contributed by atoms with Gasteiger partial charge in [-0.2, -0.15) is 4.31 Å². The Morgan fingerprint density at radius 2 is 1.66 bits per heavy atom. The molecule has 1 fully saturated rings. The van der Waals surface area contributed by atoms with Crippen molar-refractivity contribution in [2.75, 3.05) is 26.2 Å². The molecule has 0 N–H and O–H groups in total. The number of thiazole rings is 1. The maximum atomic E-state index is 13.1. The number of carbonyl (C=O) groups excluding carboxylic acids is 1. The van der Waals surface area contributed by atoms with Gasteiger partial charge in [-0.25, -0.2) is 13.4 Å². The van der Waals surface area contributed by atoms with Gasteiger partial charge in [0.2, 0.25) is 10.0 Å². The SMILES string of the molecule is Cc1nc(-c2ccccc2)sc1C(=O)N1CCN(S(=O)(=O)c2ccccc2[N+](=O)[O-])CC1. The largest absolute Gasteiger partial charge is 0.335 e. The fraction of sp³-hybridized carbons (Fsp3) is 0.238. The Kier molecular flexibility index (Phi) is 6.04. The summed E-state index contributed by atoms with van der Waals surface area (Å²) in [5, 5.41) is 12.0. The summed E-state index contributed by atoms with van der Waals surface area (Å²) < 4.78 is 27.2. The Hall–Kier alpha value is -3.15. The van der Waals surface area contributed by atoms with E-state index in [0.29, 0.717) is 10.6 Å². The number of nitro groups is 1. The standard InChI is InChI=1S/C21H20N4O5S2/c1-15-19(31-20(22-15)16-7-3-2-4-8-16)21(26)23-11-13-24(14-12-23)32(29,30)18-10-6-5-9-17(18)25(27)28/h2-10H,11-14H2,1H3. The van der Waals surface area contributed by atoms with Gasteiger partial charge < -0.3 is 4.90 Å². The predicted octanol–water partition coefficient (Wildman–Crippen LogP) is 3.17. The molecule has 1 aliphatic heterocycles. The Balaban J connectivity index is 1.49. The molecule has 166 valence electrons. The van der Waals surface area contributed by atoms with E-state index in [1.54, 1.807) is 11.8 Å². The van der Waals surface area contributed by atoms with Crippen LogP contribution in [0.3, 0.4) is 0 Å². The zero-order valence-corrected chi connectivity index (χ0v) is 18.8. The van der Waals surface area contributed by atoms with Gasteiger partial charge in [0.25, 0.3) is 11.6 Å². The number of aromatic nitrogens is 1. The van der Waals surface area contributed by atoms with Crippen molar-refractivity contribution in [2.45, 2.75) is 11.8 Å². The Labute approximate surface area is 189 Å². The van der Waals surface area contributed by atoms with Crippen molar-refractivity contribution in [3.63, 3.8) is 0 Å². The number of aryl methyl sites for hydroxylation is 1. The van der Waals surface area contributed by atoms with Crippen LogP contribution >= 0.6 is 11.3 Å². The summed E-state index contributed by atoms with van der Waals surface area (Å²) in [4.78, 5) is 29.9. The molecule has 0 atom stereocenters. The average molecular weight is 473 g/mol. The van der Waals surface area contributed by atoms with Gasteiger partial charge in [0, 0.05) is 37.8 Å². The Bertz CT molecular complexity index is 1270. The lowest BCUT2D eigenvalue weighted by atomic mass is 10.2. The first-order valence-electron chi connectivity index (χ1n) is 9.84. The number of hydrogen-bond acceptors (Lipinski definition) is 7. The number of rotatable bonds is 5. The van der Waals surface area contributed by atoms with Crippen molar-refractivity contribution in [1.82, 2.24) is 14.2 Å². The van der Waals surface area contributed by atoms with Crippen LogP contribution in [0.15, 0.2) is 59.5 Å². The number of nitrogens with zero attached hydrogens (tertiary/aromatic N) is 4. The number of sulfonamides is 1. The van der Waals surface area contributed by atoms with E-state index in [-0.39, 0.29) is 37.0 Å². The average Bonchev–Trinajstić information content (AvgIpc) is 3.20. The van der Waals surface area contributed by atoms with Gasteiger partial charge in [0.1, 0.15) is 9.88 Å². The van der Waals surface area contributed by atoms with E-state index in [2.05, 4.69) is 4.98 Å². The smallest absolute Gasteiger partial charge is 0.289 e. The second kappa shape index (κ2) is 8.77. The maximum Gasteiger partial charge on any atom is 0.289 e. The molecule has 4 rings (SSSR count). The lowest BCUT2D eigenvalue weighted by Gasteiger charge is -2.33. The van der Waals surface area contributed by atoms with Crippen molar-refractivity contribution in [3.05, 3.63) is 75.3 Å². The van der Waals surface area contributed by atoms with E-state index in [1.165, 1.54) is 39.9 Å². The molecule has 1 amide bonds. The summed E-state index contributed by atoms with van der Waals surface area (Å²) in [7, 11) is -4.05. The van der Waals surface area contributed by atoms with Crippen LogP contribution in [-0.2, 0) is 10.0 Å². The van der Waals surface area contributed by atoms with Gasteiger partial charge in [0.05, 0.1) is 10.6 Å². The van der Waals surface area contributed by atoms with Crippen molar-refractivity contribution in [3.8, 4) is 10.6 Å². The van der Waals surface area contributed by atoms with E-state index in [4.69, 9.17) is 0 Å². The monoisotopic (exact) mass is 472 g/mol. The Morgan fingerprint density at radius 3 is 2.31 bits per heavy atom. The summed E-state index contributed by atoms with van der Waals surface area (Å²) in [6.07, 6.45) is 0. The minimum absolute atomic E-state index is 0.0590. The molecule has 1 aromatic heterocycles. The summed E-state index contributed by atoms with van der Waals surface area (Å²) in [6, 6.07) is 14.9. The van der Waals surface area contributed by atoms with Crippen LogP contribution in [0.25, 0.3) is 10.6 Å². The predicted molar refractivity (Wildman–Crippen MR) is 120 cm³/mol. The number of amides is 1. The molecule has 1 aliphatic rings. The minimum atomic E-state index is -4.05. The van der Waals surface area contributed by atoms with E-state index in [9.17, 15) is 23.3 Å². The first-order chi connectivity index (χ1) is 15.3. The zero-order chi connectivity index (χ0) is 22.9. The van der Waals surface area contributed by atoms with Crippen molar-refractivity contribution in [1.29, 1.82) is 0 Å². The van der Waals surface area contributed by atoms with E-state index in [0.717, 1.165) is 10.6 Å². The van der Waals surface area contributed by atoms with Crippen LogP contribution in [-0.4, -0.2) is 59.6 Å². The fourth-order valence-corrected chi connectivity index (χ4v) is 6.16. The molecule has 0 aliphatic carbocycles. The molecule has 2 aromatic carbocycles. The lowest BCUT2D eigenvalue weighted by Crippen LogP contribution is -2.50. The number of hydrogen-bond donors (Lipinski definition) is 0. The second-order valence-corrected chi connectivity index (χ2v) is 10.1. The molecule has 32 heavy (non-hydrogen) atoms. The van der Waals surface area contributed by atoms with Gasteiger partial charge in [-0.3, -0.25) is 14.9 Å². The number of benzene rings is 2. The van der Waals surface area contributed by atoms with Gasteiger partial charge >= 0.3 is 0 Å². The molecule has 3 aromatic rings. The van der Waals surface area contributed by atoms with Crippen LogP contribution in [0, 0.1) is 17.0 Å². The molecule has 9 nitrogen and oxygen atoms in total. The topological polar surface area (TPSA) is 114 Å². The quantitative estimate of drug-likeness (QED) is 0.416. The molecule has 0 saturated carbocycles. The molecular formula is C21H20N4O5S2. The van der Waals surface area contributed by atoms with E-state index >= 15 is 0 Å². The van der Waals surface area contributed by atoms with Gasteiger partial charge in [-0.15, -0.1) is 11.3 Å². The van der Waals surface area contributed by atoms with E-state index in [1.807, 2.05) is 30.3 Å². The van der Waals surface area contributed by atoms with Crippen LogP contribution in [0.5, 0.6) is 0 Å². The summed E-state index contributed by atoms with van der Waals surface area (Å²) in [6.45, 7) is 2.28. The third kappa shape index (κ3) is 4.14. The van der Waals surface area contributed by atoms with Gasteiger partial charge in [-0.05, 0) is 13.0 Å². The van der Waals surface area contributed by atoms with Crippen molar-refractivity contribution < 1.29 is 18.1 Å². The number of carbonyl (C=O) groups is 1. The molecule has 0 radical (unpaired) electrons. The summed E-state index contributed by atoms with van der Waals surface area (Å²) in [5.41, 5.74) is 1.11. The van der Waals surface area contributed by atoms with Gasteiger partial charge in [0.15, 0.2) is 4.90 Å². The summed E-state index contributed by atoms with van der Waals surface area (Å²) in [5.74, 6) is -0.190. The summed E-state index contributed by atoms with van der Waals surface area (Å²) >= 11 is 1.31. The minimum Gasteiger partial charge on any atom is -0.335 e. The van der Waals surface area contributed by atoms with Crippen LogP contribution in [0.2, 0.25) is 0 Å². The third-order valence-electron chi connectivity index (χ3n) is 5.22. The second-order valence-electron chi connectivity index (χ2n) is 7.22. The van der Waals surface area contributed by atoms with Crippen molar-refractivity contribution in [2.24, 2.45) is 0 Å². The third-order valence-corrected chi connectivity index (χ3v) is 8.36. The normalized spacial score (nSPS) is 15.0. The molecule has 1 saturated heterocycles. The van der Waals surface area contributed by atoms with Crippen LogP contribution < -0.4 is 0 Å². The highest BCUT2D eigenvalue weighted by Gasteiger charge is 2.35. The first kappa shape index (κ1) is 22.1. The number of piperazine rings is 1. The van der Waals surface area contributed by atoms with Crippen LogP contribution in [0.4, 0.5) is 5.69 Å².